The van der Waals surface area contributed by atoms with Crippen molar-refractivity contribution in [1.82, 2.24) is 10.2 Å². The summed E-state index contributed by atoms with van der Waals surface area (Å²) in [5, 5.41) is 3.08. The summed E-state index contributed by atoms with van der Waals surface area (Å²) < 4.78 is 12.5. The summed E-state index contributed by atoms with van der Waals surface area (Å²) in [5.74, 6) is 0.944. The molecule has 0 radical (unpaired) electrons. The van der Waals surface area contributed by atoms with E-state index in [9.17, 15) is 4.79 Å². The molecule has 1 aromatic rings. The van der Waals surface area contributed by atoms with Crippen LogP contribution in [0.1, 0.15) is 64.0 Å². The van der Waals surface area contributed by atoms with Crippen molar-refractivity contribution in [2.75, 3.05) is 26.2 Å². The van der Waals surface area contributed by atoms with Crippen molar-refractivity contribution in [3.63, 3.8) is 0 Å². The number of para-hydroxylation sites is 1. The van der Waals surface area contributed by atoms with Gasteiger partial charge in [-0.3, -0.25) is 9.69 Å². The van der Waals surface area contributed by atoms with Crippen LogP contribution in [0.25, 0.3) is 0 Å². The van der Waals surface area contributed by atoms with Crippen molar-refractivity contribution in [1.29, 1.82) is 0 Å². The quantitative estimate of drug-likeness (QED) is 0.791. The van der Waals surface area contributed by atoms with Gasteiger partial charge in [-0.25, -0.2) is 0 Å². The molecule has 3 rings (SSSR count). The minimum atomic E-state index is -0.0354. The van der Waals surface area contributed by atoms with E-state index in [-0.39, 0.29) is 24.2 Å². The molecule has 2 fully saturated rings. The number of nitrogens with zero attached hydrogens (tertiary/aromatic N) is 1. The van der Waals surface area contributed by atoms with Crippen LogP contribution < -0.4 is 10.1 Å². The predicted octanol–water partition coefficient (Wildman–Crippen LogP) is 3.69. The summed E-state index contributed by atoms with van der Waals surface area (Å²) >= 11 is 0. The molecule has 1 amide bonds. The summed E-state index contributed by atoms with van der Waals surface area (Å²) in [6.45, 7) is 7.78. The molecule has 2 heterocycles. The number of carbonyl (C=O) groups is 1. The van der Waals surface area contributed by atoms with Gasteiger partial charge in [-0.15, -0.1) is 0 Å². The average molecular weight is 375 g/mol. The van der Waals surface area contributed by atoms with Gasteiger partial charge in [-0.1, -0.05) is 31.5 Å². The van der Waals surface area contributed by atoms with Crippen LogP contribution in [0.2, 0.25) is 0 Å². The largest absolute Gasteiger partial charge is 0.492 e. The van der Waals surface area contributed by atoms with Gasteiger partial charge in [0.25, 0.3) is 0 Å². The zero-order valence-electron chi connectivity index (χ0n) is 16.8. The first kappa shape index (κ1) is 20.2. The van der Waals surface area contributed by atoms with E-state index in [2.05, 4.69) is 23.2 Å². The molecule has 5 heteroatoms. The van der Waals surface area contributed by atoms with Crippen LogP contribution in [0, 0.1) is 0 Å². The molecule has 1 aromatic carbocycles. The highest BCUT2D eigenvalue weighted by atomic mass is 16.5. The van der Waals surface area contributed by atoms with E-state index in [1.165, 1.54) is 32.4 Å². The zero-order valence-corrected chi connectivity index (χ0v) is 16.8. The van der Waals surface area contributed by atoms with Crippen molar-refractivity contribution in [3.8, 4) is 5.75 Å². The van der Waals surface area contributed by atoms with E-state index in [1.807, 2.05) is 18.2 Å². The van der Waals surface area contributed by atoms with E-state index in [0.717, 1.165) is 37.1 Å². The molecule has 2 aliphatic rings. The number of carbonyl (C=O) groups excluding carboxylic acids is 1. The Labute approximate surface area is 163 Å². The topological polar surface area (TPSA) is 50.8 Å². The Kier molecular flexibility index (Phi) is 7.53. The molecule has 2 aliphatic heterocycles. The minimum absolute atomic E-state index is 0.0292. The molecular formula is C22H34N2O3. The highest BCUT2D eigenvalue weighted by Gasteiger charge is 2.31. The van der Waals surface area contributed by atoms with Crippen molar-refractivity contribution >= 4 is 5.91 Å². The minimum Gasteiger partial charge on any atom is -0.492 e. The summed E-state index contributed by atoms with van der Waals surface area (Å²) in [5.41, 5.74) is 1.10. The lowest BCUT2D eigenvalue weighted by Gasteiger charge is -2.36. The molecule has 5 nitrogen and oxygen atoms in total. The second-order valence-electron chi connectivity index (χ2n) is 7.81. The van der Waals surface area contributed by atoms with E-state index < -0.39 is 0 Å². The van der Waals surface area contributed by atoms with Crippen LogP contribution in [-0.2, 0) is 9.53 Å². The normalized spacial score (nSPS) is 26.5. The molecule has 150 valence electrons. The Morgan fingerprint density at radius 3 is 2.74 bits per heavy atom. The lowest BCUT2D eigenvalue weighted by molar-refractivity contribution is -0.122. The first-order valence-corrected chi connectivity index (χ1v) is 10.5. The maximum absolute atomic E-state index is 11.5. The number of benzene rings is 1. The van der Waals surface area contributed by atoms with Crippen molar-refractivity contribution < 1.29 is 14.3 Å². The SMILES string of the molecule is CC[C@H]1C[C@@H](NC(C)=O)C[C@@H](c2ccccc2OCCN2CCCCC2)O1. The van der Waals surface area contributed by atoms with Gasteiger partial charge in [0.05, 0.1) is 12.2 Å². The molecule has 3 atom stereocenters. The average Bonchev–Trinajstić information content (AvgIpc) is 2.68. The fourth-order valence-electron chi connectivity index (χ4n) is 4.23. The first-order valence-electron chi connectivity index (χ1n) is 10.5. The monoisotopic (exact) mass is 374 g/mol. The molecule has 0 spiro atoms. The first-order chi connectivity index (χ1) is 13.2. The highest BCUT2D eigenvalue weighted by Crippen LogP contribution is 2.37. The fraction of sp³-hybridized carbons (Fsp3) is 0.682. The predicted molar refractivity (Wildman–Crippen MR) is 107 cm³/mol. The van der Waals surface area contributed by atoms with Crippen LogP contribution in [0.3, 0.4) is 0 Å². The number of likely N-dealkylation sites (tertiary alicyclic amines) is 1. The second-order valence-corrected chi connectivity index (χ2v) is 7.81. The maximum Gasteiger partial charge on any atom is 0.217 e. The molecule has 0 aromatic heterocycles. The van der Waals surface area contributed by atoms with E-state index in [1.54, 1.807) is 6.92 Å². The molecule has 2 saturated heterocycles. The van der Waals surface area contributed by atoms with Crippen LogP contribution >= 0.6 is 0 Å². The van der Waals surface area contributed by atoms with Gasteiger partial charge < -0.3 is 14.8 Å². The number of hydrogen-bond donors (Lipinski definition) is 1. The van der Waals surface area contributed by atoms with Crippen LogP contribution in [0.5, 0.6) is 5.75 Å². The van der Waals surface area contributed by atoms with Crippen molar-refractivity contribution in [3.05, 3.63) is 29.8 Å². The number of rotatable bonds is 7. The number of nitrogens with one attached hydrogen (secondary N) is 1. The highest BCUT2D eigenvalue weighted by molar-refractivity contribution is 5.73. The number of hydrogen-bond acceptors (Lipinski definition) is 4. The van der Waals surface area contributed by atoms with Crippen molar-refractivity contribution in [2.45, 2.75) is 70.6 Å². The third-order valence-corrected chi connectivity index (χ3v) is 5.65. The van der Waals surface area contributed by atoms with Crippen LogP contribution in [0.4, 0.5) is 0 Å². The maximum atomic E-state index is 11.5. The van der Waals surface area contributed by atoms with Crippen LogP contribution in [0.15, 0.2) is 24.3 Å². The summed E-state index contributed by atoms with van der Waals surface area (Å²) in [4.78, 5) is 14.0. The van der Waals surface area contributed by atoms with Gasteiger partial charge in [0.1, 0.15) is 12.4 Å². The number of amides is 1. The molecule has 27 heavy (non-hydrogen) atoms. The number of ether oxygens (including phenoxy) is 2. The third-order valence-electron chi connectivity index (χ3n) is 5.65. The van der Waals surface area contributed by atoms with Gasteiger partial charge in [0.2, 0.25) is 5.91 Å². The van der Waals surface area contributed by atoms with E-state index >= 15 is 0 Å². The summed E-state index contributed by atoms with van der Waals surface area (Å²) in [7, 11) is 0. The molecule has 0 unspecified atom stereocenters. The Morgan fingerprint density at radius 2 is 2.00 bits per heavy atom. The smallest absolute Gasteiger partial charge is 0.217 e. The van der Waals surface area contributed by atoms with Gasteiger partial charge >= 0.3 is 0 Å². The van der Waals surface area contributed by atoms with Crippen LogP contribution in [-0.4, -0.2) is 49.2 Å². The second kappa shape index (κ2) is 10.1. The Balaban J connectivity index is 1.63. The van der Waals surface area contributed by atoms with Gasteiger partial charge in [0.15, 0.2) is 0 Å². The van der Waals surface area contributed by atoms with E-state index in [4.69, 9.17) is 9.47 Å². The summed E-state index contributed by atoms with van der Waals surface area (Å²) in [6, 6.07) is 8.36. The van der Waals surface area contributed by atoms with Gasteiger partial charge in [-0.05, 0) is 51.3 Å². The lowest BCUT2D eigenvalue weighted by atomic mass is 9.92. The molecule has 1 N–H and O–H groups in total. The number of piperidine rings is 1. The molecular weight excluding hydrogens is 340 g/mol. The molecule has 0 bridgehead atoms. The molecule has 0 aliphatic carbocycles. The van der Waals surface area contributed by atoms with Gasteiger partial charge in [0, 0.05) is 25.1 Å². The Hall–Kier alpha value is -1.59. The Morgan fingerprint density at radius 1 is 1.22 bits per heavy atom. The third kappa shape index (κ3) is 5.94. The Bertz CT molecular complexity index is 601. The fourth-order valence-corrected chi connectivity index (χ4v) is 4.23. The standard InChI is InChI=1S/C22H34N2O3/c1-3-19-15-18(23-17(2)25)16-22(27-19)20-9-5-6-10-21(20)26-14-13-24-11-7-4-8-12-24/h5-6,9-10,18-19,22H,3-4,7-8,11-16H2,1-2H3,(H,23,25)/t18-,19+,22+/m1/s1. The van der Waals surface area contributed by atoms with Gasteiger partial charge in [-0.2, -0.15) is 0 Å². The molecule has 0 saturated carbocycles. The lowest BCUT2D eigenvalue weighted by Crippen LogP contribution is -2.42. The zero-order chi connectivity index (χ0) is 19.1. The van der Waals surface area contributed by atoms with Crippen molar-refractivity contribution in [2.24, 2.45) is 0 Å². The summed E-state index contributed by atoms with van der Waals surface area (Å²) in [6.07, 6.45) is 6.71. The van der Waals surface area contributed by atoms with E-state index in [0.29, 0.717) is 6.61 Å².